The van der Waals surface area contributed by atoms with Crippen LogP contribution in [0.2, 0.25) is 0 Å². The summed E-state index contributed by atoms with van der Waals surface area (Å²) in [7, 11) is 0. The van der Waals surface area contributed by atoms with Crippen molar-refractivity contribution in [1.29, 1.82) is 0 Å². The van der Waals surface area contributed by atoms with Gasteiger partial charge in [-0.3, -0.25) is 0 Å². The van der Waals surface area contributed by atoms with Crippen LogP contribution in [-0.4, -0.2) is 34.7 Å². The summed E-state index contributed by atoms with van der Waals surface area (Å²) in [5.41, 5.74) is 1.99. The summed E-state index contributed by atoms with van der Waals surface area (Å²) < 4.78 is 0. The molecule has 2 heteroatoms. The third-order valence-corrected chi connectivity index (χ3v) is 2.05. The normalized spacial score (nSPS) is 10.8. The van der Waals surface area contributed by atoms with Gasteiger partial charge in [0, 0.05) is 0 Å². The van der Waals surface area contributed by atoms with E-state index in [4.69, 9.17) is 0 Å². The van der Waals surface area contributed by atoms with Gasteiger partial charge in [0.05, 0.1) is 0 Å². The number of aryl methyl sites for hydroxylation is 1. The van der Waals surface area contributed by atoms with Crippen molar-refractivity contribution in [2.24, 2.45) is 0 Å². The maximum absolute atomic E-state index is 9.73. The molecule has 0 aliphatic rings. The molecule has 1 N–H and O–H groups in total. The molecular formula is C11H17NaO. The summed E-state index contributed by atoms with van der Waals surface area (Å²) in [5, 5.41) is 9.73. The fourth-order valence-corrected chi connectivity index (χ4v) is 1.26. The summed E-state index contributed by atoms with van der Waals surface area (Å²) in [4.78, 5) is 0. The van der Waals surface area contributed by atoms with Gasteiger partial charge in [0.15, 0.2) is 0 Å². The third-order valence-electron chi connectivity index (χ3n) is 2.05. The Morgan fingerprint density at radius 2 is 1.69 bits per heavy atom. The molecule has 1 rings (SSSR count). The zero-order valence-electron chi connectivity index (χ0n) is 8.18. The van der Waals surface area contributed by atoms with Crippen molar-refractivity contribution in [3.63, 3.8) is 0 Å². The SMILES string of the molecule is Cc1cccc(C(C)(C)C)c1O.[NaH]. The van der Waals surface area contributed by atoms with Crippen LogP contribution in [-0.2, 0) is 5.41 Å². The third kappa shape index (κ3) is 3.01. The molecule has 0 heterocycles. The first-order valence-electron chi connectivity index (χ1n) is 4.22. The van der Waals surface area contributed by atoms with E-state index in [1.54, 1.807) is 0 Å². The van der Waals surface area contributed by atoms with Crippen LogP contribution in [0, 0.1) is 6.92 Å². The standard InChI is InChI=1S/C11H16O.Na.H/c1-8-6-5-7-9(10(8)12)11(2,3)4;;/h5-7,12H,1-4H3;;. The zero-order chi connectivity index (χ0) is 9.35. The van der Waals surface area contributed by atoms with Crippen LogP contribution < -0.4 is 0 Å². The Morgan fingerprint density at radius 1 is 1.15 bits per heavy atom. The molecule has 0 fully saturated rings. The molecule has 1 nitrogen and oxygen atoms in total. The number of hydrogen-bond acceptors (Lipinski definition) is 1. The Labute approximate surface area is 102 Å². The molecule has 0 saturated carbocycles. The molecule has 1 aromatic carbocycles. The summed E-state index contributed by atoms with van der Waals surface area (Å²) in [5.74, 6) is 0.435. The predicted molar refractivity (Wildman–Crippen MR) is 58.7 cm³/mol. The van der Waals surface area contributed by atoms with E-state index in [-0.39, 0.29) is 35.0 Å². The Hall–Kier alpha value is 0.0200. The molecule has 0 unspecified atom stereocenters. The number of aromatic hydroxyl groups is 1. The van der Waals surface area contributed by atoms with Crippen molar-refractivity contribution in [1.82, 2.24) is 0 Å². The van der Waals surface area contributed by atoms with Gasteiger partial charge in [0.1, 0.15) is 5.75 Å². The quantitative estimate of drug-likeness (QED) is 0.620. The Morgan fingerprint density at radius 3 is 2.08 bits per heavy atom. The van der Waals surface area contributed by atoms with Gasteiger partial charge in [0.25, 0.3) is 0 Å². The molecule has 0 radical (unpaired) electrons. The summed E-state index contributed by atoms with van der Waals surface area (Å²) >= 11 is 0. The van der Waals surface area contributed by atoms with Gasteiger partial charge in [-0.2, -0.15) is 0 Å². The first-order chi connectivity index (χ1) is 5.43. The van der Waals surface area contributed by atoms with Crippen LogP contribution in [0.1, 0.15) is 31.9 Å². The first kappa shape index (κ1) is 13.0. The molecule has 0 aliphatic carbocycles. The second-order valence-corrected chi connectivity index (χ2v) is 4.22. The molecule has 68 valence electrons. The van der Waals surface area contributed by atoms with E-state index >= 15 is 0 Å². The van der Waals surface area contributed by atoms with Gasteiger partial charge in [0.2, 0.25) is 0 Å². The molecular weight excluding hydrogens is 171 g/mol. The van der Waals surface area contributed by atoms with Crippen LogP contribution in [0.15, 0.2) is 18.2 Å². The number of phenolic OH excluding ortho intramolecular Hbond substituents is 1. The van der Waals surface area contributed by atoms with E-state index in [2.05, 4.69) is 20.8 Å². The van der Waals surface area contributed by atoms with Crippen LogP contribution in [0.4, 0.5) is 0 Å². The van der Waals surface area contributed by atoms with Gasteiger partial charge < -0.3 is 5.11 Å². The van der Waals surface area contributed by atoms with Crippen LogP contribution in [0.5, 0.6) is 5.75 Å². The molecule has 0 atom stereocenters. The second kappa shape index (κ2) is 4.50. The molecule has 0 spiro atoms. The molecule has 1 aromatic rings. The molecule has 0 aliphatic heterocycles. The van der Waals surface area contributed by atoms with Gasteiger partial charge in [-0.25, -0.2) is 0 Å². The average Bonchev–Trinajstić information content (AvgIpc) is 1.92. The van der Waals surface area contributed by atoms with E-state index in [9.17, 15) is 5.11 Å². The number of benzene rings is 1. The van der Waals surface area contributed by atoms with Gasteiger partial charge in [-0.15, -0.1) is 0 Å². The minimum atomic E-state index is 0. The number of hydrogen-bond donors (Lipinski definition) is 1. The molecule has 0 amide bonds. The number of phenols is 1. The first-order valence-corrected chi connectivity index (χ1v) is 4.22. The second-order valence-electron chi connectivity index (χ2n) is 4.22. The summed E-state index contributed by atoms with van der Waals surface area (Å²) in [6.07, 6.45) is 0. The Bertz CT molecular complexity index is 287. The van der Waals surface area contributed by atoms with E-state index in [0.717, 1.165) is 11.1 Å². The van der Waals surface area contributed by atoms with Crippen molar-refractivity contribution in [3.05, 3.63) is 29.3 Å². The van der Waals surface area contributed by atoms with Crippen molar-refractivity contribution >= 4 is 29.6 Å². The number of rotatable bonds is 0. The molecule has 0 bridgehead atoms. The summed E-state index contributed by atoms with van der Waals surface area (Å²) in [6.45, 7) is 8.22. The maximum atomic E-state index is 9.73. The zero-order valence-corrected chi connectivity index (χ0v) is 8.18. The van der Waals surface area contributed by atoms with E-state index in [0.29, 0.717) is 5.75 Å². The monoisotopic (exact) mass is 188 g/mol. The number of para-hydroxylation sites is 1. The fourth-order valence-electron chi connectivity index (χ4n) is 1.26. The average molecular weight is 188 g/mol. The Kier molecular flexibility index (Phi) is 4.50. The topological polar surface area (TPSA) is 20.2 Å². The van der Waals surface area contributed by atoms with E-state index in [1.165, 1.54) is 0 Å². The van der Waals surface area contributed by atoms with E-state index < -0.39 is 0 Å². The molecule has 0 saturated heterocycles. The minimum absolute atomic E-state index is 0. The fraction of sp³-hybridized carbons (Fsp3) is 0.455. The van der Waals surface area contributed by atoms with Gasteiger partial charge in [-0.05, 0) is 23.5 Å². The van der Waals surface area contributed by atoms with E-state index in [1.807, 2.05) is 25.1 Å². The van der Waals surface area contributed by atoms with Crippen molar-refractivity contribution < 1.29 is 5.11 Å². The van der Waals surface area contributed by atoms with Gasteiger partial charge >= 0.3 is 29.6 Å². The summed E-state index contributed by atoms with van der Waals surface area (Å²) in [6, 6.07) is 5.88. The van der Waals surface area contributed by atoms with Crippen LogP contribution in [0.25, 0.3) is 0 Å². The van der Waals surface area contributed by atoms with Crippen LogP contribution in [0.3, 0.4) is 0 Å². The molecule has 13 heavy (non-hydrogen) atoms. The van der Waals surface area contributed by atoms with Crippen molar-refractivity contribution in [3.8, 4) is 5.75 Å². The Balaban J connectivity index is 0.00000144. The van der Waals surface area contributed by atoms with Crippen molar-refractivity contribution in [2.75, 3.05) is 0 Å². The van der Waals surface area contributed by atoms with Gasteiger partial charge in [-0.1, -0.05) is 39.0 Å². The van der Waals surface area contributed by atoms with Crippen LogP contribution >= 0.6 is 0 Å². The predicted octanol–water partition coefficient (Wildman–Crippen LogP) is 2.35. The molecule has 0 aromatic heterocycles. The van der Waals surface area contributed by atoms with Crippen molar-refractivity contribution in [2.45, 2.75) is 33.1 Å².